The van der Waals surface area contributed by atoms with Crippen LogP contribution in [0.1, 0.15) is 30.8 Å². The molecule has 0 aromatic carbocycles. The molecule has 0 amide bonds. The van der Waals surface area contributed by atoms with Crippen molar-refractivity contribution in [2.75, 3.05) is 6.61 Å². The van der Waals surface area contributed by atoms with Crippen LogP contribution in [0.2, 0.25) is 0 Å². The van der Waals surface area contributed by atoms with Crippen LogP contribution in [0.15, 0.2) is 16.5 Å². The number of carboxylic acids is 1. The Morgan fingerprint density at radius 1 is 1.60 bits per heavy atom. The van der Waals surface area contributed by atoms with Crippen LogP contribution < -0.4 is 0 Å². The van der Waals surface area contributed by atoms with Gasteiger partial charge in [-0.25, -0.2) is 0 Å². The lowest BCUT2D eigenvalue weighted by molar-refractivity contribution is -0.175. The molecule has 1 saturated heterocycles. The SMILES string of the molecule is Cc1ccc(C2(CCC(=O)O)CCO2)o1. The fourth-order valence-electron chi connectivity index (χ4n) is 1.85. The van der Waals surface area contributed by atoms with Gasteiger partial charge >= 0.3 is 5.97 Å². The number of carbonyl (C=O) groups is 1. The van der Waals surface area contributed by atoms with Crippen LogP contribution in [0.3, 0.4) is 0 Å². The predicted octanol–water partition coefficient (Wildman–Crippen LogP) is 2.07. The predicted molar refractivity (Wildman–Crippen MR) is 52.6 cm³/mol. The second kappa shape index (κ2) is 3.70. The molecule has 1 aromatic heterocycles. The molecule has 2 rings (SSSR count). The van der Waals surface area contributed by atoms with Crippen molar-refractivity contribution in [2.24, 2.45) is 0 Å². The maximum atomic E-state index is 10.5. The quantitative estimate of drug-likeness (QED) is 0.826. The Hall–Kier alpha value is -1.29. The Morgan fingerprint density at radius 3 is 2.73 bits per heavy atom. The fraction of sp³-hybridized carbons (Fsp3) is 0.545. The van der Waals surface area contributed by atoms with Crippen molar-refractivity contribution < 1.29 is 19.1 Å². The van der Waals surface area contributed by atoms with E-state index >= 15 is 0 Å². The lowest BCUT2D eigenvalue weighted by Gasteiger charge is -2.40. The Balaban J connectivity index is 2.11. The molecule has 0 bridgehead atoms. The molecule has 1 aromatic rings. The molecule has 1 aliphatic heterocycles. The highest BCUT2D eigenvalue weighted by Gasteiger charge is 2.43. The third kappa shape index (κ3) is 1.90. The minimum Gasteiger partial charge on any atom is -0.481 e. The Labute approximate surface area is 87.8 Å². The van der Waals surface area contributed by atoms with Gasteiger partial charge < -0.3 is 14.3 Å². The van der Waals surface area contributed by atoms with Crippen LogP contribution >= 0.6 is 0 Å². The van der Waals surface area contributed by atoms with E-state index in [1.54, 1.807) is 0 Å². The van der Waals surface area contributed by atoms with Gasteiger partial charge in [0.15, 0.2) is 0 Å². The molecule has 1 unspecified atom stereocenters. The van der Waals surface area contributed by atoms with Crippen molar-refractivity contribution in [3.63, 3.8) is 0 Å². The van der Waals surface area contributed by atoms with Crippen LogP contribution in [-0.4, -0.2) is 17.7 Å². The van der Waals surface area contributed by atoms with Crippen molar-refractivity contribution >= 4 is 5.97 Å². The number of aryl methyl sites for hydroxylation is 1. The van der Waals surface area contributed by atoms with Crippen LogP contribution in [0.4, 0.5) is 0 Å². The van der Waals surface area contributed by atoms with Crippen LogP contribution in [0, 0.1) is 6.92 Å². The Morgan fingerprint density at radius 2 is 2.33 bits per heavy atom. The average Bonchev–Trinajstić information content (AvgIpc) is 2.50. The zero-order valence-electron chi connectivity index (χ0n) is 8.66. The van der Waals surface area contributed by atoms with E-state index in [0.29, 0.717) is 13.0 Å². The third-order valence-corrected chi connectivity index (χ3v) is 2.82. The first kappa shape index (κ1) is 10.2. The summed E-state index contributed by atoms with van der Waals surface area (Å²) in [4.78, 5) is 10.5. The molecular formula is C11H14O4. The molecule has 0 radical (unpaired) electrons. The van der Waals surface area contributed by atoms with E-state index in [-0.39, 0.29) is 6.42 Å². The number of hydrogen-bond acceptors (Lipinski definition) is 3. The molecule has 82 valence electrons. The standard InChI is InChI=1S/C11H14O4/c1-8-2-3-9(15-8)11(6-7-14-11)5-4-10(12)13/h2-3H,4-7H2,1H3,(H,12,13). The summed E-state index contributed by atoms with van der Waals surface area (Å²) in [5.74, 6) is 0.788. The number of hydrogen-bond donors (Lipinski definition) is 1. The van der Waals surface area contributed by atoms with Gasteiger partial charge in [-0.15, -0.1) is 0 Å². The topological polar surface area (TPSA) is 59.7 Å². The third-order valence-electron chi connectivity index (χ3n) is 2.82. The molecule has 0 spiro atoms. The number of aliphatic carboxylic acids is 1. The maximum Gasteiger partial charge on any atom is 0.303 e. The molecule has 0 aliphatic carbocycles. The van der Waals surface area contributed by atoms with E-state index in [0.717, 1.165) is 17.9 Å². The van der Waals surface area contributed by atoms with E-state index in [4.69, 9.17) is 14.3 Å². The fourth-order valence-corrected chi connectivity index (χ4v) is 1.85. The smallest absolute Gasteiger partial charge is 0.303 e. The maximum absolute atomic E-state index is 10.5. The summed E-state index contributed by atoms with van der Waals surface area (Å²) in [6.07, 6.45) is 1.43. The van der Waals surface area contributed by atoms with E-state index < -0.39 is 11.6 Å². The second-order valence-electron chi connectivity index (χ2n) is 3.90. The molecule has 1 fully saturated rings. The van der Waals surface area contributed by atoms with Crippen molar-refractivity contribution in [1.82, 2.24) is 0 Å². The summed E-state index contributed by atoms with van der Waals surface area (Å²) >= 11 is 0. The molecular weight excluding hydrogens is 196 g/mol. The van der Waals surface area contributed by atoms with Gasteiger partial charge in [-0.1, -0.05) is 0 Å². The minimum absolute atomic E-state index is 0.111. The van der Waals surface area contributed by atoms with E-state index in [1.165, 1.54) is 0 Å². The molecule has 4 heteroatoms. The average molecular weight is 210 g/mol. The summed E-state index contributed by atoms with van der Waals surface area (Å²) in [5, 5.41) is 8.66. The van der Waals surface area contributed by atoms with Gasteiger partial charge in [0.1, 0.15) is 17.1 Å². The first-order valence-corrected chi connectivity index (χ1v) is 5.05. The number of carboxylic acid groups (broad SMARTS) is 1. The highest BCUT2D eigenvalue weighted by atomic mass is 16.5. The lowest BCUT2D eigenvalue weighted by Crippen LogP contribution is -2.40. The molecule has 2 heterocycles. The Kier molecular flexibility index (Phi) is 2.52. The van der Waals surface area contributed by atoms with E-state index in [1.807, 2.05) is 19.1 Å². The van der Waals surface area contributed by atoms with Crippen LogP contribution in [-0.2, 0) is 15.1 Å². The molecule has 0 saturated carbocycles. The monoisotopic (exact) mass is 210 g/mol. The van der Waals surface area contributed by atoms with Crippen molar-refractivity contribution in [3.05, 3.63) is 23.7 Å². The summed E-state index contributed by atoms with van der Waals surface area (Å²) in [6, 6.07) is 3.75. The first-order valence-electron chi connectivity index (χ1n) is 5.05. The van der Waals surface area contributed by atoms with Gasteiger partial charge in [0.05, 0.1) is 6.61 Å². The number of rotatable bonds is 4. The van der Waals surface area contributed by atoms with Gasteiger partial charge in [-0.05, 0) is 25.5 Å². The molecule has 1 aliphatic rings. The summed E-state index contributed by atoms with van der Waals surface area (Å²) in [5.41, 5.74) is -0.480. The number of ether oxygens (including phenoxy) is 1. The number of furan rings is 1. The summed E-state index contributed by atoms with van der Waals surface area (Å²) < 4.78 is 11.0. The molecule has 15 heavy (non-hydrogen) atoms. The largest absolute Gasteiger partial charge is 0.481 e. The molecule has 4 nitrogen and oxygen atoms in total. The summed E-state index contributed by atoms with van der Waals surface area (Å²) in [6.45, 7) is 2.55. The van der Waals surface area contributed by atoms with Gasteiger partial charge in [-0.2, -0.15) is 0 Å². The Bertz CT molecular complexity index is 362. The lowest BCUT2D eigenvalue weighted by atomic mass is 9.87. The summed E-state index contributed by atoms with van der Waals surface area (Å²) in [7, 11) is 0. The second-order valence-corrected chi connectivity index (χ2v) is 3.90. The van der Waals surface area contributed by atoms with Gasteiger partial charge in [-0.3, -0.25) is 4.79 Å². The van der Waals surface area contributed by atoms with Crippen molar-refractivity contribution in [3.8, 4) is 0 Å². The molecule has 1 N–H and O–H groups in total. The van der Waals surface area contributed by atoms with Gasteiger partial charge in [0, 0.05) is 12.8 Å². The van der Waals surface area contributed by atoms with E-state index in [2.05, 4.69) is 0 Å². The van der Waals surface area contributed by atoms with E-state index in [9.17, 15) is 4.79 Å². The van der Waals surface area contributed by atoms with Gasteiger partial charge in [0.25, 0.3) is 0 Å². The first-order chi connectivity index (χ1) is 7.12. The van der Waals surface area contributed by atoms with Crippen molar-refractivity contribution in [1.29, 1.82) is 0 Å². The minimum atomic E-state index is -0.798. The van der Waals surface area contributed by atoms with Crippen molar-refractivity contribution in [2.45, 2.75) is 31.8 Å². The highest BCUT2D eigenvalue weighted by Crippen LogP contribution is 2.42. The normalized spacial score (nSPS) is 24.9. The zero-order valence-corrected chi connectivity index (χ0v) is 8.66. The highest BCUT2D eigenvalue weighted by molar-refractivity contribution is 5.66. The van der Waals surface area contributed by atoms with Gasteiger partial charge in [0.2, 0.25) is 0 Å². The van der Waals surface area contributed by atoms with Crippen LogP contribution in [0.5, 0.6) is 0 Å². The molecule has 1 atom stereocenters. The van der Waals surface area contributed by atoms with Crippen LogP contribution in [0.25, 0.3) is 0 Å². The zero-order chi connectivity index (χ0) is 10.9.